The van der Waals surface area contributed by atoms with Crippen molar-refractivity contribution in [3.63, 3.8) is 0 Å². The molecule has 0 saturated carbocycles. The molecule has 2 aromatic rings. The van der Waals surface area contributed by atoms with Crippen LogP contribution in [-0.2, 0) is 16.0 Å². The first-order valence-corrected chi connectivity index (χ1v) is 6.32. The topological polar surface area (TPSA) is 81.4 Å². The van der Waals surface area contributed by atoms with Crippen molar-refractivity contribution >= 4 is 23.0 Å². The number of benzene rings is 1. The number of carboxylic acids is 1. The third kappa shape index (κ3) is 2.13. The highest BCUT2D eigenvalue weighted by Crippen LogP contribution is 2.25. The number of ether oxygens (including phenoxy) is 1. The molecule has 0 aliphatic heterocycles. The van der Waals surface area contributed by atoms with Gasteiger partial charge in [0.05, 0.1) is 18.2 Å². The summed E-state index contributed by atoms with van der Waals surface area (Å²) in [7, 11) is 1.33. The summed E-state index contributed by atoms with van der Waals surface area (Å²) in [5.41, 5.74) is 1.15. The molecular formula is C14H16N2O4. The molecule has 1 aromatic carbocycles. The molecule has 1 unspecified atom stereocenters. The normalized spacial score (nSPS) is 12.3. The Labute approximate surface area is 116 Å². The summed E-state index contributed by atoms with van der Waals surface area (Å²) >= 11 is 0. The third-order valence-electron chi connectivity index (χ3n) is 3.27. The van der Waals surface area contributed by atoms with Crippen molar-refractivity contribution in [2.24, 2.45) is 0 Å². The summed E-state index contributed by atoms with van der Waals surface area (Å²) in [6.45, 7) is 3.61. The van der Waals surface area contributed by atoms with Crippen LogP contribution in [0, 0.1) is 0 Å². The van der Waals surface area contributed by atoms with E-state index in [1.807, 2.05) is 6.92 Å². The van der Waals surface area contributed by atoms with Crippen molar-refractivity contribution < 1.29 is 19.4 Å². The molecule has 1 aromatic heterocycles. The van der Waals surface area contributed by atoms with Crippen molar-refractivity contribution in [1.82, 2.24) is 9.55 Å². The number of carboxylic acid groups (broad SMARTS) is 1. The second-order valence-corrected chi connectivity index (χ2v) is 4.43. The molecule has 1 atom stereocenters. The molecule has 106 valence electrons. The quantitative estimate of drug-likeness (QED) is 0.864. The number of imidazole rings is 1. The summed E-state index contributed by atoms with van der Waals surface area (Å²) in [5, 5.41) is 9.21. The fraction of sp³-hybridized carbons (Fsp3) is 0.357. The molecule has 1 heterocycles. The fourth-order valence-electron chi connectivity index (χ4n) is 2.30. The zero-order valence-electron chi connectivity index (χ0n) is 11.6. The summed E-state index contributed by atoms with van der Waals surface area (Å²) in [4.78, 5) is 27.4. The predicted octanol–water partition coefficient (Wildman–Crippen LogP) is 2.03. The van der Waals surface area contributed by atoms with Crippen LogP contribution < -0.4 is 0 Å². The lowest BCUT2D eigenvalue weighted by Gasteiger charge is -2.14. The number of hydrogen-bond donors (Lipinski definition) is 1. The van der Waals surface area contributed by atoms with Crippen LogP contribution in [0.2, 0.25) is 0 Å². The molecule has 1 N–H and O–H groups in total. The van der Waals surface area contributed by atoms with Gasteiger partial charge in [0.25, 0.3) is 0 Å². The molecule has 6 heteroatoms. The number of para-hydroxylation sites is 1. The van der Waals surface area contributed by atoms with E-state index >= 15 is 0 Å². The largest absolute Gasteiger partial charge is 0.478 e. The molecule has 0 spiro atoms. The number of carbonyl (C=O) groups excluding carboxylic acids is 1. The van der Waals surface area contributed by atoms with Crippen molar-refractivity contribution in [3.05, 3.63) is 29.6 Å². The van der Waals surface area contributed by atoms with E-state index in [1.165, 1.54) is 13.2 Å². The van der Waals surface area contributed by atoms with E-state index in [1.54, 1.807) is 23.6 Å². The molecule has 0 fully saturated rings. The number of aryl methyl sites for hydroxylation is 1. The maximum atomic E-state index is 11.8. The van der Waals surface area contributed by atoms with Crippen molar-refractivity contribution in [3.8, 4) is 0 Å². The van der Waals surface area contributed by atoms with E-state index < -0.39 is 12.0 Å². The van der Waals surface area contributed by atoms with Crippen LogP contribution in [0.5, 0.6) is 0 Å². The Morgan fingerprint density at radius 3 is 2.70 bits per heavy atom. The van der Waals surface area contributed by atoms with Gasteiger partial charge in [-0.1, -0.05) is 13.0 Å². The highest BCUT2D eigenvalue weighted by Gasteiger charge is 2.23. The van der Waals surface area contributed by atoms with Crippen LogP contribution >= 0.6 is 0 Å². The maximum absolute atomic E-state index is 11.8. The summed E-state index contributed by atoms with van der Waals surface area (Å²) < 4.78 is 6.49. The van der Waals surface area contributed by atoms with Gasteiger partial charge in [-0.15, -0.1) is 0 Å². The van der Waals surface area contributed by atoms with Gasteiger partial charge in [-0.05, 0) is 19.1 Å². The minimum Gasteiger partial charge on any atom is -0.478 e. The van der Waals surface area contributed by atoms with Gasteiger partial charge >= 0.3 is 11.9 Å². The zero-order valence-corrected chi connectivity index (χ0v) is 11.6. The van der Waals surface area contributed by atoms with Gasteiger partial charge in [-0.2, -0.15) is 0 Å². The van der Waals surface area contributed by atoms with Gasteiger partial charge in [0, 0.05) is 6.42 Å². The first-order valence-electron chi connectivity index (χ1n) is 6.32. The number of esters is 1. The Hall–Kier alpha value is -2.37. The average molecular weight is 276 g/mol. The van der Waals surface area contributed by atoms with Gasteiger partial charge < -0.3 is 14.4 Å². The van der Waals surface area contributed by atoms with Crippen molar-refractivity contribution in [2.45, 2.75) is 26.3 Å². The standard InChI is InChI=1S/C14H16N2O4/c1-4-11-15-12-9(13(17)18)6-5-7-10(12)16(11)8(2)14(19)20-3/h5-8H,4H2,1-3H3,(H,17,18). The average Bonchev–Trinajstić information content (AvgIpc) is 2.83. The summed E-state index contributed by atoms with van der Waals surface area (Å²) in [5.74, 6) is -0.764. The van der Waals surface area contributed by atoms with Gasteiger partial charge in [0.2, 0.25) is 0 Å². The smallest absolute Gasteiger partial charge is 0.337 e. The van der Waals surface area contributed by atoms with E-state index in [0.29, 0.717) is 23.3 Å². The Morgan fingerprint density at radius 1 is 1.45 bits per heavy atom. The zero-order chi connectivity index (χ0) is 14.9. The number of fused-ring (bicyclic) bond motifs is 1. The van der Waals surface area contributed by atoms with E-state index in [4.69, 9.17) is 4.74 Å². The molecule has 20 heavy (non-hydrogen) atoms. The molecule has 0 bridgehead atoms. The van der Waals surface area contributed by atoms with Crippen molar-refractivity contribution in [2.75, 3.05) is 7.11 Å². The lowest BCUT2D eigenvalue weighted by molar-refractivity contribution is -0.143. The highest BCUT2D eigenvalue weighted by molar-refractivity contribution is 6.01. The molecule has 0 amide bonds. The number of aromatic nitrogens is 2. The van der Waals surface area contributed by atoms with Crippen LogP contribution in [-0.4, -0.2) is 33.7 Å². The Kier molecular flexibility index (Phi) is 3.74. The van der Waals surface area contributed by atoms with Crippen molar-refractivity contribution in [1.29, 1.82) is 0 Å². The monoisotopic (exact) mass is 276 g/mol. The number of carbonyl (C=O) groups is 2. The van der Waals surface area contributed by atoms with Crippen LogP contribution in [0.1, 0.15) is 36.1 Å². The van der Waals surface area contributed by atoms with Crippen LogP contribution in [0.25, 0.3) is 11.0 Å². The van der Waals surface area contributed by atoms with Crippen LogP contribution in [0.3, 0.4) is 0 Å². The first-order chi connectivity index (χ1) is 9.51. The molecule has 2 rings (SSSR count). The Morgan fingerprint density at radius 2 is 2.15 bits per heavy atom. The predicted molar refractivity (Wildman–Crippen MR) is 72.8 cm³/mol. The molecule has 0 radical (unpaired) electrons. The van der Waals surface area contributed by atoms with Gasteiger partial charge in [0.15, 0.2) is 0 Å². The minimum absolute atomic E-state index is 0.132. The van der Waals surface area contributed by atoms with Gasteiger partial charge in [0.1, 0.15) is 17.4 Å². The Bertz CT molecular complexity index is 675. The Balaban J connectivity index is 2.73. The molecule has 6 nitrogen and oxygen atoms in total. The number of hydrogen-bond acceptors (Lipinski definition) is 4. The second kappa shape index (κ2) is 5.32. The minimum atomic E-state index is -1.03. The molecule has 0 aliphatic carbocycles. The first kappa shape index (κ1) is 14.0. The fourth-order valence-corrected chi connectivity index (χ4v) is 2.30. The number of methoxy groups -OCH3 is 1. The molecular weight excluding hydrogens is 260 g/mol. The number of rotatable bonds is 4. The summed E-state index contributed by atoms with van der Waals surface area (Å²) in [6.07, 6.45) is 0.592. The van der Waals surface area contributed by atoms with E-state index in [9.17, 15) is 14.7 Å². The number of nitrogens with zero attached hydrogens (tertiary/aromatic N) is 2. The molecule has 0 aliphatic rings. The highest BCUT2D eigenvalue weighted by atomic mass is 16.5. The lowest BCUT2D eigenvalue weighted by Crippen LogP contribution is -2.19. The number of aromatic carboxylic acids is 1. The van der Waals surface area contributed by atoms with E-state index in [0.717, 1.165) is 0 Å². The SMILES string of the molecule is CCc1nc2c(C(=O)O)cccc2n1C(C)C(=O)OC. The lowest BCUT2D eigenvalue weighted by atomic mass is 10.2. The molecule has 0 saturated heterocycles. The van der Waals surface area contributed by atoms with Gasteiger partial charge in [-0.25, -0.2) is 14.6 Å². The summed E-state index contributed by atoms with van der Waals surface area (Å²) in [6, 6.07) is 4.36. The van der Waals surface area contributed by atoms with E-state index in [-0.39, 0.29) is 11.5 Å². The third-order valence-corrected chi connectivity index (χ3v) is 3.27. The second-order valence-electron chi connectivity index (χ2n) is 4.43. The maximum Gasteiger partial charge on any atom is 0.337 e. The van der Waals surface area contributed by atoms with Gasteiger partial charge in [-0.3, -0.25) is 0 Å². The van der Waals surface area contributed by atoms with Crippen LogP contribution in [0.4, 0.5) is 0 Å². The van der Waals surface area contributed by atoms with Crippen LogP contribution in [0.15, 0.2) is 18.2 Å². The van der Waals surface area contributed by atoms with E-state index in [2.05, 4.69) is 4.98 Å².